The maximum Gasteiger partial charge on any atom is 0.131 e. The van der Waals surface area contributed by atoms with Crippen LogP contribution in [-0.2, 0) is 4.79 Å². The first-order valence-electron chi connectivity index (χ1n) is 5.21. The number of carbonyl (C=O) groups is 1. The van der Waals surface area contributed by atoms with Crippen molar-refractivity contribution in [1.82, 2.24) is 4.90 Å². The minimum atomic E-state index is 0.310. The number of hydrogen-bond acceptors (Lipinski definition) is 2. The molecule has 0 aromatic heterocycles. The Morgan fingerprint density at radius 2 is 1.85 bits per heavy atom. The largest absolute Gasteiger partial charge is 0.303 e. The average Bonchev–Trinajstić information content (AvgIpc) is 2.02. The van der Waals surface area contributed by atoms with Gasteiger partial charge in [0.15, 0.2) is 0 Å². The fraction of sp³-hybridized carbons (Fsp3) is 0.909. The van der Waals surface area contributed by atoms with Crippen LogP contribution < -0.4 is 0 Å². The van der Waals surface area contributed by atoms with E-state index in [0.29, 0.717) is 11.2 Å². The standard InChI is InChI=1S/C11H21NO/c1-10(13)4-7-12-8-5-11(2,3)6-9-12/h4-9H2,1-3H3. The van der Waals surface area contributed by atoms with Gasteiger partial charge in [0.25, 0.3) is 0 Å². The molecule has 1 fully saturated rings. The van der Waals surface area contributed by atoms with Gasteiger partial charge in [0.1, 0.15) is 5.78 Å². The maximum absolute atomic E-state index is 10.8. The minimum Gasteiger partial charge on any atom is -0.303 e. The van der Waals surface area contributed by atoms with E-state index in [1.54, 1.807) is 6.92 Å². The molecule has 1 rings (SSSR count). The molecule has 1 aliphatic rings. The maximum atomic E-state index is 10.8. The zero-order valence-corrected chi connectivity index (χ0v) is 9.10. The number of ketones is 1. The van der Waals surface area contributed by atoms with E-state index in [2.05, 4.69) is 18.7 Å². The summed E-state index contributed by atoms with van der Waals surface area (Å²) in [6.45, 7) is 9.63. The smallest absolute Gasteiger partial charge is 0.131 e. The fourth-order valence-corrected chi connectivity index (χ4v) is 1.70. The van der Waals surface area contributed by atoms with Gasteiger partial charge >= 0.3 is 0 Å². The van der Waals surface area contributed by atoms with Gasteiger partial charge in [0.05, 0.1) is 0 Å². The normalized spacial score (nSPS) is 23.0. The number of rotatable bonds is 3. The molecule has 2 nitrogen and oxygen atoms in total. The predicted octanol–water partition coefficient (Wildman–Crippen LogP) is 2.09. The lowest BCUT2D eigenvalue weighted by Gasteiger charge is -2.36. The summed E-state index contributed by atoms with van der Waals surface area (Å²) in [4.78, 5) is 13.2. The second kappa shape index (κ2) is 4.23. The van der Waals surface area contributed by atoms with E-state index in [0.717, 1.165) is 13.0 Å². The van der Waals surface area contributed by atoms with Crippen molar-refractivity contribution in [3.05, 3.63) is 0 Å². The molecule has 0 radical (unpaired) electrons. The highest BCUT2D eigenvalue weighted by molar-refractivity contribution is 5.75. The summed E-state index contributed by atoms with van der Waals surface area (Å²) in [6, 6.07) is 0. The van der Waals surface area contributed by atoms with Gasteiger partial charge in [-0.15, -0.1) is 0 Å². The van der Waals surface area contributed by atoms with Gasteiger partial charge in [-0.05, 0) is 38.3 Å². The molecule has 0 N–H and O–H groups in total. The Morgan fingerprint density at radius 1 is 1.31 bits per heavy atom. The van der Waals surface area contributed by atoms with E-state index >= 15 is 0 Å². The van der Waals surface area contributed by atoms with Crippen LogP contribution >= 0.6 is 0 Å². The van der Waals surface area contributed by atoms with Crippen LogP contribution in [0.4, 0.5) is 0 Å². The van der Waals surface area contributed by atoms with E-state index in [4.69, 9.17) is 0 Å². The third kappa shape index (κ3) is 3.90. The van der Waals surface area contributed by atoms with Crippen LogP contribution in [0.25, 0.3) is 0 Å². The van der Waals surface area contributed by atoms with Crippen molar-refractivity contribution in [3.63, 3.8) is 0 Å². The molecule has 0 bridgehead atoms. The monoisotopic (exact) mass is 183 g/mol. The van der Waals surface area contributed by atoms with Gasteiger partial charge < -0.3 is 4.90 Å². The van der Waals surface area contributed by atoms with Crippen LogP contribution in [-0.4, -0.2) is 30.3 Å². The van der Waals surface area contributed by atoms with Crippen LogP contribution in [0.15, 0.2) is 0 Å². The summed E-state index contributed by atoms with van der Waals surface area (Å²) in [7, 11) is 0. The van der Waals surface area contributed by atoms with E-state index in [1.165, 1.54) is 25.9 Å². The Morgan fingerprint density at radius 3 is 2.31 bits per heavy atom. The first-order valence-corrected chi connectivity index (χ1v) is 5.21. The molecule has 13 heavy (non-hydrogen) atoms. The molecule has 1 heterocycles. The molecular formula is C11H21NO. The average molecular weight is 183 g/mol. The number of carbonyl (C=O) groups excluding carboxylic acids is 1. The van der Waals surface area contributed by atoms with Gasteiger partial charge in [-0.1, -0.05) is 13.8 Å². The predicted molar refractivity (Wildman–Crippen MR) is 54.8 cm³/mol. The molecule has 76 valence electrons. The van der Waals surface area contributed by atoms with Crippen molar-refractivity contribution in [1.29, 1.82) is 0 Å². The number of hydrogen-bond donors (Lipinski definition) is 0. The highest BCUT2D eigenvalue weighted by atomic mass is 16.1. The topological polar surface area (TPSA) is 20.3 Å². The minimum absolute atomic E-state index is 0.310. The number of likely N-dealkylation sites (tertiary alicyclic amines) is 1. The zero-order chi connectivity index (χ0) is 9.90. The molecule has 0 spiro atoms. The first kappa shape index (κ1) is 10.7. The lowest BCUT2D eigenvalue weighted by atomic mass is 9.82. The van der Waals surface area contributed by atoms with Crippen molar-refractivity contribution < 1.29 is 4.79 Å². The summed E-state index contributed by atoms with van der Waals surface area (Å²) in [5.41, 5.74) is 0.521. The number of piperidine rings is 1. The summed E-state index contributed by atoms with van der Waals surface area (Å²) in [5.74, 6) is 0.310. The third-order valence-electron chi connectivity index (χ3n) is 2.99. The number of nitrogens with zero attached hydrogens (tertiary/aromatic N) is 1. The molecule has 0 aliphatic carbocycles. The molecule has 2 heteroatoms. The first-order chi connectivity index (χ1) is 5.99. The van der Waals surface area contributed by atoms with Gasteiger partial charge in [-0.25, -0.2) is 0 Å². The lowest BCUT2D eigenvalue weighted by Crippen LogP contribution is -2.38. The van der Waals surface area contributed by atoms with Crippen molar-refractivity contribution >= 4 is 5.78 Å². The van der Waals surface area contributed by atoms with Crippen molar-refractivity contribution in [2.24, 2.45) is 5.41 Å². The van der Waals surface area contributed by atoms with Crippen LogP contribution in [0, 0.1) is 5.41 Å². The van der Waals surface area contributed by atoms with E-state index < -0.39 is 0 Å². The molecule has 1 saturated heterocycles. The van der Waals surface area contributed by atoms with Crippen LogP contribution in [0.3, 0.4) is 0 Å². The Bertz CT molecular complexity index is 177. The summed E-state index contributed by atoms with van der Waals surface area (Å²) in [5, 5.41) is 0. The molecule has 1 aliphatic heterocycles. The van der Waals surface area contributed by atoms with Gasteiger partial charge in [-0.3, -0.25) is 4.79 Å². The third-order valence-corrected chi connectivity index (χ3v) is 2.99. The highest BCUT2D eigenvalue weighted by Gasteiger charge is 2.24. The van der Waals surface area contributed by atoms with E-state index in [9.17, 15) is 4.79 Å². The van der Waals surface area contributed by atoms with Gasteiger partial charge in [-0.2, -0.15) is 0 Å². The summed E-state index contributed by atoms with van der Waals surface area (Å²) >= 11 is 0. The van der Waals surface area contributed by atoms with Crippen LogP contribution in [0.5, 0.6) is 0 Å². The fourth-order valence-electron chi connectivity index (χ4n) is 1.70. The zero-order valence-electron chi connectivity index (χ0n) is 9.10. The summed E-state index contributed by atoms with van der Waals surface area (Å²) < 4.78 is 0. The Labute approximate surface area is 81.3 Å². The Kier molecular flexibility index (Phi) is 3.48. The van der Waals surface area contributed by atoms with E-state index in [1.807, 2.05) is 0 Å². The van der Waals surface area contributed by atoms with Crippen LogP contribution in [0.2, 0.25) is 0 Å². The van der Waals surface area contributed by atoms with Crippen molar-refractivity contribution in [3.8, 4) is 0 Å². The van der Waals surface area contributed by atoms with Crippen molar-refractivity contribution in [2.45, 2.75) is 40.0 Å². The Hall–Kier alpha value is -0.370. The van der Waals surface area contributed by atoms with Gasteiger partial charge in [0.2, 0.25) is 0 Å². The van der Waals surface area contributed by atoms with Crippen molar-refractivity contribution in [2.75, 3.05) is 19.6 Å². The molecule has 0 unspecified atom stereocenters. The second-order valence-corrected chi connectivity index (χ2v) is 4.96. The molecular weight excluding hydrogens is 162 g/mol. The molecule has 0 aromatic carbocycles. The molecule has 0 amide bonds. The SMILES string of the molecule is CC(=O)CCN1CCC(C)(C)CC1. The summed E-state index contributed by atoms with van der Waals surface area (Å²) in [6.07, 6.45) is 3.26. The molecule has 0 atom stereocenters. The number of Topliss-reactive ketones (excluding diaryl/α,β-unsaturated/α-hetero) is 1. The highest BCUT2D eigenvalue weighted by Crippen LogP contribution is 2.29. The molecule has 0 aromatic rings. The quantitative estimate of drug-likeness (QED) is 0.667. The Balaban J connectivity index is 2.21. The second-order valence-electron chi connectivity index (χ2n) is 4.96. The van der Waals surface area contributed by atoms with Crippen LogP contribution in [0.1, 0.15) is 40.0 Å². The van der Waals surface area contributed by atoms with E-state index in [-0.39, 0.29) is 0 Å². The molecule has 0 saturated carbocycles. The van der Waals surface area contributed by atoms with Gasteiger partial charge in [0, 0.05) is 13.0 Å². The lowest BCUT2D eigenvalue weighted by molar-refractivity contribution is -0.117.